The van der Waals surface area contributed by atoms with Crippen LogP contribution in [0.4, 0.5) is 11.4 Å². The molecular formula is C18H21N5O. The van der Waals surface area contributed by atoms with Crippen molar-refractivity contribution in [3.05, 3.63) is 47.9 Å². The van der Waals surface area contributed by atoms with Crippen molar-refractivity contribution < 1.29 is 4.74 Å². The topological polar surface area (TPSA) is 92.0 Å². The van der Waals surface area contributed by atoms with Gasteiger partial charge in [0, 0.05) is 24.6 Å². The van der Waals surface area contributed by atoms with Gasteiger partial charge in [-0.2, -0.15) is 5.10 Å². The summed E-state index contributed by atoms with van der Waals surface area (Å²) in [6.45, 7) is 0.801. The lowest BCUT2D eigenvalue weighted by Crippen LogP contribution is -2.18. The van der Waals surface area contributed by atoms with Gasteiger partial charge in [-0.15, -0.1) is 0 Å². The number of anilines is 2. The Hall–Kier alpha value is -2.60. The number of nitrogens with two attached hydrogens (primary N) is 2. The normalized spacial score (nSPS) is 18.1. The summed E-state index contributed by atoms with van der Waals surface area (Å²) >= 11 is 0. The number of hydrogen-bond donors (Lipinski definition) is 2. The van der Waals surface area contributed by atoms with Crippen molar-refractivity contribution in [2.75, 3.05) is 18.1 Å². The first-order chi connectivity index (χ1) is 11.7. The van der Waals surface area contributed by atoms with E-state index >= 15 is 0 Å². The summed E-state index contributed by atoms with van der Waals surface area (Å²) in [4.78, 5) is 4.38. The van der Waals surface area contributed by atoms with Crippen molar-refractivity contribution in [2.45, 2.75) is 31.9 Å². The highest BCUT2D eigenvalue weighted by atomic mass is 16.5. The summed E-state index contributed by atoms with van der Waals surface area (Å²) in [5.41, 5.74) is 16.1. The first-order valence-corrected chi connectivity index (χ1v) is 8.29. The molecule has 24 heavy (non-hydrogen) atoms. The van der Waals surface area contributed by atoms with E-state index in [9.17, 15) is 0 Å². The van der Waals surface area contributed by atoms with Gasteiger partial charge in [0.25, 0.3) is 0 Å². The third kappa shape index (κ3) is 2.59. The fourth-order valence-corrected chi connectivity index (χ4v) is 3.29. The maximum absolute atomic E-state index is 6.07. The van der Waals surface area contributed by atoms with Crippen LogP contribution in [0.15, 0.2) is 36.7 Å². The molecule has 0 amide bonds. The fraction of sp³-hybridized carbons (Fsp3) is 0.333. The lowest BCUT2D eigenvalue weighted by molar-refractivity contribution is -0.0366. The van der Waals surface area contributed by atoms with Crippen molar-refractivity contribution in [3.8, 4) is 0 Å². The van der Waals surface area contributed by atoms with Crippen molar-refractivity contribution >= 4 is 22.3 Å². The monoisotopic (exact) mass is 323 g/mol. The predicted molar refractivity (Wildman–Crippen MR) is 94.4 cm³/mol. The molecule has 6 heteroatoms. The number of hydrogen-bond acceptors (Lipinski definition) is 5. The number of rotatable bonds is 3. The van der Waals surface area contributed by atoms with Gasteiger partial charge >= 0.3 is 0 Å². The summed E-state index contributed by atoms with van der Waals surface area (Å²) in [6.07, 6.45) is 7.57. The smallest absolute Gasteiger partial charge is 0.150 e. The van der Waals surface area contributed by atoms with Crippen LogP contribution in [-0.4, -0.2) is 21.4 Å². The Balaban J connectivity index is 1.72. The van der Waals surface area contributed by atoms with Gasteiger partial charge in [0.1, 0.15) is 0 Å². The lowest BCUT2D eigenvalue weighted by Gasteiger charge is -2.23. The van der Waals surface area contributed by atoms with E-state index in [1.165, 1.54) is 6.42 Å². The van der Waals surface area contributed by atoms with Crippen LogP contribution in [0.25, 0.3) is 10.9 Å². The highest BCUT2D eigenvalue weighted by Crippen LogP contribution is 2.29. The second-order valence-electron chi connectivity index (χ2n) is 6.20. The third-order valence-corrected chi connectivity index (χ3v) is 4.62. The van der Waals surface area contributed by atoms with Gasteiger partial charge in [-0.25, -0.2) is 4.68 Å². The van der Waals surface area contributed by atoms with Crippen molar-refractivity contribution in [1.82, 2.24) is 14.8 Å². The quantitative estimate of drug-likeness (QED) is 0.773. The molecule has 6 nitrogen and oxygen atoms in total. The van der Waals surface area contributed by atoms with E-state index in [4.69, 9.17) is 16.2 Å². The summed E-state index contributed by atoms with van der Waals surface area (Å²) < 4.78 is 7.87. The van der Waals surface area contributed by atoms with Gasteiger partial charge < -0.3 is 16.2 Å². The van der Waals surface area contributed by atoms with Crippen LogP contribution in [-0.2, 0) is 11.2 Å². The van der Waals surface area contributed by atoms with Crippen LogP contribution in [0.3, 0.4) is 0 Å². The Morgan fingerprint density at radius 1 is 1.21 bits per heavy atom. The average Bonchev–Trinajstić information content (AvgIpc) is 3.05. The standard InChI is InChI=1S/C18H21N5O/c19-14-7-8-21-15(18(14)20)10-12-4-3-5-16-13(12)11-22-23(16)17-6-1-2-9-24-17/h3-5,7-8,11,17H,1-2,6,9-10,20H2,(H2,19,21). The fourth-order valence-electron chi connectivity index (χ4n) is 3.29. The van der Waals surface area contributed by atoms with Crippen molar-refractivity contribution in [3.63, 3.8) is 0 Å². The number of nitrogens with zero attached hydrogens (tertiary/aromatic N) is 3. The molecule has 1 fully saturated rings. The molecule has 1 aromatic carbocycles. The van der Waals surface area contributed by atoms with Gasteiger partial charge in [0.05, 0.1) is 28.8 Å². The highest BCUT2D eigenvalue weighted by molar-refractivity contribution is 5.83. The van der Waals surface area contributed by atoms with E-state index in [0.29, 0.717) is 17.8 Å². The number of aromatic nitrogens is 3. The largest absolute Gasteiger partial charge is 0.397 e. The minimum absolute atomic E-state index is 0.0297. The SMILES string of the molecule is Nc1ccnc(Cc2cccc3c2cnn3C2CCCCO2)c1N. The lowest BCUT2D eigenvalue weighted by atomic mass is 10.0. The zero-order valence-electron chi connectivity index (χ0n) is 13.5. The van der Waals surface area contributed by atoms with E-state index in [2.05, 4.69) is 22.2 Å². The molecule has 4 rings (SSSR count). The van der Waals surface area contributed by atoms with Crippen LogP contribution in [0.5, 0.6) is 0 Å². The van der Waals surface area contributed by atoms with Gasteiger partial charge in [-0.1, -0.05) is 12.1 Å². The molecule has 3 heterocycles. The molecule has 0 saturated carbocycles. The molecule has 0 spiro atoms. The maximum atomic E-state index is 6.07. The molecule has 0 bridgehead atoms. The molecule has 1 aliphatic heterocycles. The molecule has 1 aliphatic rings. The van der Waals surface area contributed by atoms with Crippen LogP contribution in [0.1, 0.15) is 36.7 Å². The minimum Gasteiger partial charge on any atom is -0.397 e. The molecule has 1 unspecified atom stereocenters. The summed E-state index contributed by atoms with van der Waals surface area (Å²) in [7, 11) is 0. The van der Waals surface area contributed by atoms with Crippen LogP contribution in [0, 0.1) is 0 Å². The summed E-state index contributed by atoms with van der Waals surface area (Å²) in [6, 6.07) is 7.93. The van der Waals surface area contributed by atoms with E-state index < -0.39 is 0 Å². The van der Waals surface area contributed by atoms with Gasteiger partial charge in [-0.05, 0) is 37.0 Å². The van der Waals surface area contributed by atoms with Gasteiger partial charge in [-0.3, -0.25) is 4.98 Å². The Morgan fingerprint density at radius 3 is 2.96 bits per heavy atom. The van der Waals surface area contributed by atoms with E-state index in [1.807, 2.05) is 16.9 Å². The first-order valence-electron chi connectivity index (χ1n) is 8.29. The number of pyridine rings is 1. The highest BCUT2D eigenvalue weighted by Gasteiger charge is 2.19. The number of nitrogen functional groups attached to an aromatic ring is 2. The van der Waals surface area contributed by atoms with Gasteiger partial charge in [0.2, 0.25) is 0 Å². The third-order valence-electron chi connectivity index (χ3n) is 4.62. The zero-order valence-corrected chi connectivity index (χ0v) is 13.5. The second kappa shape index (κ2) is 6.13. The molecule has 124 valence electrons. The molecule has 0 radical (unpaired) electrons. The summed E-state index contributed by atoms with van der Waals surface area (Å²) in [5.74, 6) is 0. The molecule has 4 N–H and O–H groups in total. The second-order valence-corrected chi connectivity index (χ2v) is 6.20. The molecule has 3 aromatic rings. The van der Waals surface area contributed by atoms with E-state index in [-0.39, 0.29) is 6.23 Å². The Bertz CT molecular complexity index is 867. The van der Waals surface area contributed by atoms with Crippen molar-refractivity contribution in [1.29, 1.82) is 0 Å². The Morgan fingerprint density at radius 2 is 2.12 bits per heavy atom. The Kier molecular flexibility index (Phi) is 3.82. The minimum atomic E-state index is 0.0297. The molecule has 2 aromatic heterocycles. The van der Waals surface area contributed by atoms with E-state index in [0.717, 1.165) is 41.6 Å². The van der Waals surface area contributed by atoms with Gasteiger partial charge in [0.15, 0.2) is 6.23 Å². The van der Waals surface area contributed by atoms with Crippen LogP contribution >= 0.6 is 0 Å². The molecule has 0 aliphatic carbocycles. The first kappa shape index (κ1) is 15.0. The summed E-state index contributed by atoms with van der Waals surface area (Å²) in [5, 5.41) is 5.68. The molecule has 1 saturated heterocycles. The van der Waals surface area contributed by atoms with Crippen molar-refractivity contribution in [2.24, 2.45) is 0 Å². The predicted octanol–water partition coefficient (Wildman–Crippen LogP) is 2.89. The van der Waals surface area contributed by atoms with E-state index in [1.54, 1.807) is 12.3 Å². The number of fused-ring (bicyclic) bond motifs is 1. The van der Waals surface area contributed by atoms with Crippen LogP contribution < -0.4 is 11.5 Å². The molecule has 1 atom stereocenters. The maximum Gasteiger partial charge on any atom is 0.150 e. The average molecular weight is 323 g/mol. The Labute approximate surface area is 140 Å². The molecular weight excluding hydrogens is 302 g/mol. The zero-order chi connectivity index (χ0) is 16.5. The number of benzene rings is 1. The number of ether oxygens (including phenoxy) is 1. The van der Waals surface area contributed by atoms with Crippen LogP contribution in [0.2, 0.25) is 0 Å².